The number of hydrogen-bond acceptors (Lipinski definition) is 5. The van der Waals surface area contributed by atoms with E-state index >= 15 is 0 Å². The Morgan fingerprint density at radius 2 is 1.97 bits per heavy atom. The number of likely N-dealkylation sites (tertiary alicyclic amines) is 1. The summed E-state index contributed by atoms with van der Waals surface area (Å²) >= 11 is 0. The second-order valence-electron chi connectivity index (χ2n) is 8.54. The Balaban J connectivity index is 1.42. The molecular formula is C22H30N4O3. The second-order valence-corrected chi connectivity index (χ2v) is 8.54. The van der Waals surface area contributed by atoms with Crippen LogP contribution in [0.25, 0.3) is 0 Å². The highest BCUT2D eigenvalue weighted by molar-refractivity contribution is 5.93. The van der Waals surface area contributed by atoms with E-state index in [9.17, 15) is 9.90 Å². The molecule has 7 heteroatoms. The van der Waals surface area contributed by atoms with Gasteiger partial charge in [0.2, 0.25) is 0 Å². The summed E-state index contributed by atoms with van der Waals surface area (Å²) in [5.41, 5.74) is 0.430. The molecule has 0 unspecified atom stereocenters. The molecule has 1 aromatic heterocycles. The molecule has 1 spiro atoms. The first-order chi connectivity index (χ1) is 13.9. The van der Waals surface area contributed by atoms with Gasteiger partial charge in [0.05, 0.1) is 11.1 Å². The molecule has 2 saturated heterocycles. The van der Waals surface area contributed by atoms with Crippen LogP contribution in [0.4, 0.5) is 0 Å². The van der Waals surface area contributed by atoms with Gasteiger partial charge in [-0.3, -0.25) is 14.4 Å². The number of aromatic nitrogens is 2. The van der Waals surface area contributed by atoms with Crippen LogP contribution in [0.2, 0.25) is 0 Å². The van der Waals surface area contributed by atoms with Gasteiger partial charge < -0.3 is 15.2 Å². The van der Waals surface area contributed by atoms with Crippen LogP contribution in [0.15, 0.2) is 42.6 Å². The van der Waals surface area contributed by atoms with Crippen molar-refractivity contribution < 1.29 is 14.6 Å². The van der Waals surface area contributed by atoms with E-state index in [1.54, 1.807) is 24.0 Å². The van der Waals surface area contributed by atoms with E-state index in [2.05, 4.69) is 39.6 Å². The number of benzene rings is 1. The van der Waals surface area contributed by atoms with Crippen LogP contribution in [-0.2, 0) is 18.3 Å². The molecule has 2 aliphatic heterocycles. The Labute approximate surface area is 171 Å². The van der Waals surface area contributed by atoms with Crippen LogP contribution in [0.5, 0.6) is 0 Å². The monoisotopic (exact) mass is 398 g/mol. The van der Waals surface area contributed by atoms with Crippen molar-refractivity contribution in [3.8, 4) is 0 Å². The lowest BCUT2D eigenvalue weighted by atomic mass is 9.73. The Bertz CT molecular complexity index is 845. The first kappa shape index (κ1) is 20.1. The molecule has 1 aromatic carbocycles. The molecule has 156 valence electrons. The van der Waals surface area contributed by atoms with Gasteiger partial charge in [-0.05, 0) is 37.8 Å². The lowest BCUT2D eigenvalue weighted by molar-refractivity contribution is -0.205. The number of nitrogens with zero attached hydrogens (tertiary/aromatic N) is 3. The van der Waals surface area contributed by atoms with E-state index in [0.29, 0.717) is 18.7 Å². The minimum atomic E-state index is -0.764. The van der Waals surface area contributed by atoms with Gasteiger partial charge in [0.25, 0.3) is 5.91 Å². The van der Waals surface area contributed by atoms with Crippen molar-refractivity contribution in [2.75, 3.05) is 19.7 Å². The van der Waals surface area contributed by atoms with Gasteiger partial charge >= 0.3 is 0 Å². The highest BCUT2D eigenvalue weighted by Crippen LogP contribution is 2.40. The molecule has 0 bridgehead atoms. The molecule has 2 aromatic rings. The molecule has 2 fully saturated rings. The molecule has 29 heavy (non-hydrogen) atoms. The fourth-order valence-electron chi connectivity index (χ4n) is 4.66. The maximum atomic E-state index is 12.7. The topological polar surface area (TPSA) is 79.6 Å². The number of ether oxygens (including phenoxy) is 1. The zero-order valence-corrected chi connectivity index (χ0v) is 17.2. The highest BCUT2D eigenvalue weighted by Gasteiger charge is 2.53. The van der Waals surface area contributed by atoms with Crippen LogP contribution in [0, 0.1) is 0 Å². The fraction of sp³-hybridized carbons (Fsp3) is 0.545. The molecule has 3 heterocycles. The molecule has 7 nitrogen and oxygen atoms in total. The summed E-state index contributed by atoms with van der Waals surface area (Å²) in [6, 6.07) is 12.1. The maximum Gasteiger partial charge on any atom is 0.270 e. The van der Waals surface area contributed by atoms with Gasteiger partial charge in [0, 0.05) is 39.5 Å². The van der Waals surface area contributed by atoms with Crippen molar-refractivity contribution in [1.29, 1.82) is 0 Å². The number of nitrogens with one attached hydrogen (secondary N) is 1. The van der Waals surface area contributed by atoms with Crippen molar-refractivity contribution in [2.45, 2.75) is 50.0 Å². The summed E-state index contributed by atoms with van der Waals surface area (Å²) in [6.45, 7) is 5.07. The van der Waals surface area contributed by atoms with Crippen LogP contribution in [0.1, 0.15) is 42.2 Å². The number of aryl methyl sites for hydroxylation is 1. The van der Waals surface area contributed by atoms with Gasteiger partial charge in [0.1, 0.15) is 11.8 Å². The number of carbonyl (C=O) groups is 1. The summed E-state index contributed by atoms with van der Waals surface area (Å²) in [7, 11) is 1.74. The average Bonchev–Trinajstić information content (AvgIpc) is 3.15. The predicted octanol–water partition coefficient (Wildman–Crippen LogP) is 1.72. The van der Waals surface area contributed by atoms with Crippen molar-refractivity contribution >= 4 is 5.91 Å². The number of hydrogen-bond donors (Lipinski definition) is 2. The average molecular weight is 399 g/mol. The summed E-state index contributed by atoms with van der Waals surface area (Å²) in [5, 5.41) is 18.4. The van der Waals surface area contributed by atoms with E-state index in [1.807, 2.05) is 13.0 Å². The van der Waals surface area contributed by atoms with E-state index in [0.717, 1.165) is 32.5 Å². The molecule has 0 radical (unpaired) electrons. The molecule has 2 N–H and O–H groups in total. The summed E-state index contributed by atoms with van der Waals surface area (Å²) in [6.07, 6.45) is 2.91. The van der Waals surface area contributed by atoms with Gasteiger partial charge in [-0.25, -0.2) is 0 Å². The van der Waals surface area contributed by atoms with E-state index in [1.165, 1.54) is 5.56 Å². The first-order valence-electron chi connectivity index (χ1n) is 10.3. The molecule has 0 aliphatic carbocycles. The normalized spacial score (nSPS) is 27.1. The quantitative estimate of drug-likeness (QED) is 0.820. The third-order valence-corrected chi connectivity index (χ3v) is 6.52. The number of aliphatic hydroxyl groups excluding tert-OH is 1. The zero-order chi connectivity index (χ0) is 20.5. The minimum absolute atomic E-state index is 0.217. The molecule has 1 amide bonds. The van der Waals surface area contributed by atoms with Crippen molar-refractivity contribution in [3.05, 3.63) is 53.9 Å². The van der Waals surface area contributed by atoms with Gasteiger partial charge in [-0.2, -0.15) is 5.10 Å². The Hall–Kier alpha value is -2.22. The smallest absolute Gasteiger partial charge is 0.270 e. The molecule has 0 saturated carbocycles. The van der Waals surface area contributed by atoms with E-state index in [-0.39, 0.29) is 5.91 Å². The van der Waals surface area contributed by atoms with E-state index in [4.69, 9.17) is 4.74 Å². The summed E-state index contributed by atoms with van der Waals surface area (Å²) in [4.78, 5) is 15.1. The SMILES string of the molecule is Cn1nccc1C(=O)N[C@@]1(C)CCOC2(CCN(Cc3ccccc3)CC2)[C@@H]1O. The Kier molecular flexibility index (Phi) is 5.46. The Morgan fingerprint density at radius 1 is 1.24 bits per heavy atom. The largest absolute Gasteiger partial charge is 0.388 e. The lowest BCUT2D eigenvalue weighted by Gasteiger charge is -2.53. The zero-order valence-electron chi connectivity index (χ0n) is 17.2. The van der Waals surface area contributed by atoms with Crippen molar-refractivity contribution in [2.24, 2.45) is 7.05 Å². The highest BCUT2D eigenvalue weighted by atomic mass is 16.5. The van der Waals surface area contributed by atoms with Crippen molar-refractivity contribution in [3.63, 3.8) is 0 Å². The first-order valence-corrected chi connectivity index (χ1v) is 10.3. The third kappa shape index (κ3) is 3.95. The molecule has 2 aliphatic rings. The summed E-state index contributed by atoms with van der Waals surface area (Å²) < 4.78 is 7.71. The van der Waals surface area contributed by atoms with Crippen LogP contribution in [0.3, 0.4) is 0 Å². The van der Waals surface area contributed by atoms with Crippen LogP contribution in [-0.4, -0.2) is 62.6 Å². The second kappa shape index (κ2) is 7.89. The number of piperidine rings is 1. The van der Waals surface area contributed by atoms with Crippen LogP contribution >= 0.6 is 0 Å². The summed E-state index contributed by atoms with van der Waals surface area (Å²) in [5.74, 6) is -0.217. The van der Waals surface area contributed by atoms with Crippen LogP contribution < -0.4 is 5.32 Å². The number of rotatable bonds is 4. The number of carbonyl (C=O) groups excluding carboxylic acids is 1. The van der Waals surface area contributed by atoms with Gasteiger partial charge in [-0.15, -0.1) is 0 Å². The lowest BCUT2D eigenvalue weighted by Crippen LogP contribution is -2.69. The third-order valence-electron chi connectivity index (χ3n) is 6.52. The Morgan fingerprint density at radius 3 is 2.62 bits per heavy atom. The molecule has 2 atom stereocenters. The minimum Gasteiger partial charge on any atom is -0.388 e. The molecule has 4 rings (SSSR count). The van der Waals surface area contributed by atoms with Crippen molar-refractivity contribution in [1.82, 2.24) is 20.0 Å². The maximum absolute atomic E-state index is 12.7. The number of amides is 1. The van der Waals surface area contributed by atoms with Gasteiger partial charge in [-0.1, -0.05) is 30.3 Å². The number of aliphatic hydroxyl groups is 1. The van der Waals surface area contributed by atoms with E-state index < -0.39 is 17.2 Å². The fourth-order valence-corrected chi connectivity index (χ4v) is 4.66. The standard InChI is InChI=1S/C22H30N4O3/c1-21(24-19(27)18-8-12-23-25(18)2)11-15-29-22(20(21)28)9-13-26(14-10-22)16-17-6-4-3-5-7-17/h3-8,12,20,28H,9-11,13-16H2,1-2H3,(H,24,27)/t20-,21+/m1/s1. The molecular weight excluding hydrogens is 368 g/mol. The predicted molar refractivity (Wildman–Crippen MR) is 109 cm³/mol. The van der Waals surface area contributed by atoms with Gasteiger partial charge in [0.15, 0.2) is 0 Å².